The molecule has 0 heterocycles. The molecule has 0 spiro atoms. The first-order chi connectivity index (χ1) is 14.5. The number of carbonyl (C=O) groups is 2. The molecule has 0 aliphatic rings. The molecule has 3 aromatic rings. The molecule has 0 aliphatic heterocycles. The van der Waals surface area contributed by atoms with Gasteiger partial charge in [-0.2, -0.15) is 0 Å². The fourth-order valence-electron chi connectivity index (χ4n) is 2.80. The molecule has 0 fully saturated rings. The number of nitrogens with one attached hydrogen (secondary N) is 1. The van der Waals surface area contributed by atoms with Crippen molar-refractivity contribution in [1.82, 2.24) is 0 Å². The van der Waals surface area contributed by atoms with Crippen LogP contribution in [-0.2, 0) is 11.3 Å². The van der Waals surface area contributed by atoms with Crippen molar-refractivity contribution in [3.8, 4) is 5.75 Å². The number of anilines is 1. The molecule has 3 aromatic carbocycles. The number of ether oxygens (including phenoxy) is 2. The molecule has 0 unspecified atom stereocenters. The largest absolute Gasteiger partial charge is 0.489 e. The van der Waals surface area contributed by atoms with Gasteiger partial charge in [-0.3, -0.25) is 4.79 Å². The summed E-state index contributed by atoms with van der Waals surface area (Å²) in [7, 11) is 0. The Labute approximate surface area is 180 Å². The van der Waals surface area contributed by atoms with Crippen LogP contribution < -0.4 is 10.1 Å². The third-order valence-corrected chi connectivity index (χ3v) is 4.81. The number of halogens is 1. The molecule has 0 aliphatic carbocycles. The van der Waals surface area contributed by atoms with Gasteiger partial charge in [-0.25, -0.2) is 4.79 Å². The lowest BCUT2D eigenvalue weighted by Gasteiger charge is -2.12. The van der Waals surface area contributed by atoms with E-state index in [0.29, 0.717) is 34.2 Å². The second-order valence-electron chi connectivity index (χ2n) is 6.61. The molecule has 6 heteroatoms. The summed E-state index contributed by atoms with van der Waals surface area (Å²) in [4.78, 5) is 24.7. The Hall–Kier alpha value is -3.31. The molecule has 0 saturated carbocycles. The molecule has 3 rings (SSSR count). The number of amides is 1. The molecule has 0 bridgehead atoms. The SMILES string of the molecule is CCOC(=O)c1ccc(C)c(NC(=O)c2cccc(OCc3ccccc3Cl)c2)c1. The lowest BCUT2D eigenvalue weighted by atomic mass is 10.1. The van der Waals surface area contributed by atoms with Crippen molar-refractivity contribution in [2.45, 2.75) is 20.5 Å². The quantitative estimate of drug-likeness (QED) is 0.498. The maximum absolute atomic E-state index is 12.7. The molecule has 1 amide bonds. The van der Waals surface area contributed by atoms with Gasteiger partial charge in [0.1, 0.15) is 12.4 Å². The van der Waals surface area contributed by atoms with E-state index in [9.17, 15) is 9.59 Å². The summed E-state index contributed by atoms with van der Waals surface area (Å²) in [5.41, 5.74) is 3.07. The number of rotatable bonds is 7. The van der Waals surface area contributed by atoms with Crippen molar-refractivity contribution < 1.29 is 19.1 Å². The Morgan fingerprint density at radius 2 is 1.77 bits per heavy atom. The van der Waals surface area contributed by atoms with E-state index in [1.165, 1.54) is 0 Å². The van der Waals surface area contributed by atoms with Crippen molar-refractivity contribution in [3.05, 3.63) is 94.0 Å². The average molecular weight is 424 g/mol. The van der Waals surface area contributed by atoms with E-state index < -0.39 is 5.97 Å². The number of hydrogen-bond donors (Lipinski definition) is 1. The van der Waals surface area contributed by atoms with Crippen LogP contribution >= 0.6 is 11.6 Å². The monoisotopic (exact) mass is 423 g/mol. The highest BCUT2D eigenvalue weighted by atomic mass is 35.5. The normalized spacial score (nSPS) is 10.4. The van der Waals surface area contributed by atoms with Crippen LogP contribution in [0.3, 0.4) is 0 Å². The second kappa shape index (κ2) is 9.94. The Balaban J connectivity index is 1.72. The van der Waals surface area contributed by atoms with E-state index in [1.54, 1.807) is 55.5 Å². The minimum atomic E-state index is -0.428. The molecular weight excluding hydrogens is 402 g/mol. The third-order valence-electron chi connectivity index (χ3n) is 4.45. The summed E-state index contributed by atoms with van der Waals surface area (Å²) in [6, 6.07) is 19.4. The zero-order valence-corrected chi connectivity index (χ0v) is 17.5. The molecule has 0 atom stereocenters. The minimum Gasteiger partial charge on any atom is -0.489 e. The summed E-state index contributed by atoms with van der Waals surface area (Å²) in [6.07, 6.45) is 0. The van der Waals surface area contributed by atoms with Crippen molar-refractivity contribution >= 4 is 29.2 Å². The molecule has 30 heavy (non-hydrogen) atoms. The first-order valence-electron chi connectivity index (χ1n) is 9.53. The summed E-state index contributed by atoms with van der Waals surface area (Å²) in [5, 5.41) is 3.48. The van der Waals surface area contributed by atoms with Gasteiger partial charge in [-0.1, -0.05) is 41.9 Å². The predicted molar refractivity (Wildman–Crippen MR) is 117 cm³/mol. The maximum Gasteiger partial charge on any atom is 0.338 e. The van der Waals surface area contributed by atoms with Gasteiger partial charge in [0, 0.05) is 21.8 Å². The summed E-state index contributed by atoms with van der Waals surface area (Å²) < 4.78 is 10.8. The van der Waals surface area contributed by atoms with Gasteiger partial charge in [-0.05, 0) is 55.8 Å². The molecule has 0 radical (unpaired) electrons. The van der Waals surface area contributed by atoms with Crippen LogP contribution in [0.1, 0.15) is 38.8 Å². The van der Waals surface area contributed by atoms with Gasteiger partial charge >= 0.3 is 5.97 Å². The molecule has 5 nitrogen and oxygen atoms in total. The third kappa shape index (κ3) is 5.39. The van der Waals surface area contributed by atoms with E-state index in [0.717, 1.165) is 11.1 Å². The smallest absolute Gasteiger partial charge is 0.338 e. The Morgan fingerprint density at radius 3 is 2.53 bits per heavy atom. The Morgan fingerprint density at radius 1 is 0.967 bits per heavy atom. The van der Waals surface area contributed by atoms with Gasteiger partial charge in [0.2, 0.25) is 0 Å². The highest BCUT2D eigenvalue weighted by Crippen LogP contribution is 2.22. The number of aryl methyl sites for hydroxylation is 1. The van der Waals surface area contributed by atoms with Crippen molar-refractivity contribution in [3.63, 3.8) is 0 Å². The van der Waals surface area contributed by atoms with E-state index in [-0.39, 0.29) is 12.5 Å². The molecule has 1 N–H and O–H groups in total. The second-order valence-corrected chi connectivity index (χ2v) is 7.02. The van der Waals surface area contributed by atoms with E-state index in [2.05, 4.69) is 5.32 Å². The van der Waals surface area contributed by atoms with E-state index in [1.807, 2.05) is 25.1 Å². The predicted octanol–water partition coefficient (Wildman–Crippen LogP) is 5.66. The summed E-state index contributed by atoms with van der Waals surface area (Å²) in [6.45, 7) is 4.18. The van der Waals surface area contributed by atoms with Crippen LogP contribution in [0.15, 0.2) is 66.7 Å². The van der Waals surface area contributed by atoms with Crippen LogP contribution in [0.5, 0.6) is 5.75 Å². The lowest BCUT2D eigenvalue weighted by molar-refractivity contribution is 0.0526. The molecular formula is C24H22ClNO4. The van der Waals surface area contributed by atoms with E-state index >= 15 is 0 Å². The number of esters is 1. The zero-order valence-electron chi connectivity index (χ0n) is 16.8. The van der Waals surface area contributed by atoms with Gasteiger partial charge in [-0.15, -0.1) is 0 Å². The van der Waals surface area contributed by atoms with Crippen molar-refractivity contribution in [2.24, 2.45) is 0 Å². The van der Waals surface area contributed by atoms with Crippen LogP contribution in [0, 0.1) is 6.92 Å². The van der Waals surface area contributed by atoms with Crippen LogP contribution in [0.2, 0.25) is 5.02 Å². The molecule has 0 aromatic heterocycles. The van der Waals surface area contributed by atoms with Crippen LogP contribution in [0.4, 0.5) is 5.69 Å². The van der Waals surface area contributed by atoms with Crippen LogP contribution in [0.25, 0.3) is 0 Å². The number of benzene rings is 3. The topological polar surface area (TPSA) is 64.6 Å². The Kier molecular flexibility index (Phi) is 7.09. The number of carbonyl (C=O) groups excluding carboxylic acids is 2. The van der Waals surface area contributed by atoms with Crippen molar-refractivity contribution in [2.75, 3.05) is 11.9 Å². The van der Waals surface area contributed by atoms with Gasteiger partial charge < -0.3 is 14.8 Å². The Bertz CT molecular complexity index is 1060. The minimum absolute atomic E-state index is 0.287. The summed E-state index contributed by atoms with van der Waals surface area (Å²) >= 11 is 6.15. The van der Waals surface area contributed by atoms with Gasteiger partial charge in [0.15, 0.2) is 0 Å². The van der Waals surface area contributed by atoms with E-state index in [4.69, 9.17) is 21.1 Å². The first kappa shape index (κ1) is 21.4. The zero-order chi connectivity index (χ0) is 21.5. The summed E-state index contributed by atoms with van der Waals surface area (Å²) in [5.74, 6) is -0.176. The average Bonchev–Trinajstić information content (AvgIpc) is 2.75. The highest BCUT2D eigenvalue weighted by molar-refractivity contribution is 6.31. The number of hydrogen-bond acceptors (Lipinski definition) is 4. The fraction of sp³-hybridized carbons (Fsp3) is 0.167. The van der Waals surface area contributed by atoms with Gasteiger partial charge in [0.05, 0.1) is 12.2 Å². The van der Waals surface area contributed by atoms with Gasteiger partial charge in [0.25, 0.3) is 5.91 Å². The van der Waals surface area contributed by atoms with Crippen LogP contribution in [-0.4, -0.2) is 18.5 Å². The molecule has 154 valence electrons. The standard InChI is InChI=1S/C24H22ClNO4/c1-3-29-24(28)18-12-11-16(2)22(14-18)26-23(27)17-8-6-9-20(13-17)30-15-19-7-4-5-10-21(19)25/h4-14H,3,15H2,1-2H3,(H,26,27). The fourth-order valence-corrected chi connectivity index (χ4v) is 2.99. The highest BCUT2D eigenvalue weighted by Gasteiger charge is 2.13. The molecule has 0 saturated heterocycles. The lowest BCUT2D eigenvalue weighted by Crippen LogP contribution is -2.14. The first-order valence-corrected chi connectivity index (χ1v) is 9.91. The maximum atomic E-state index is 12.7. The van der Waals surface area contributed by atoms with Crippen molar-refractivity contribution in [1.29, 1.82) is 0 Å².